The summed E-state index contributed by atoms with van der Waals surface area (Å²) in [5.41, 5.74) is 3.21. The molecule has 8 nitrogen and oxygen atoms in total. The standard InChI is InChI=1S/C22H30N6O2/c1-4-5-8-17-20-21(26(3)24-17)22(30)23-16-9-6-7-10-18(16)28(20)19(29)15-27-13-11-25(2)12-14-27/h6-7,9-10H,4-5,8,11-15H2,1-3H3,(H,23,30). The highest BCUT2D eigenvalue weighted by Gasteiger charge is 2.35. The van der Waals surface area contributed by atoms with Crippen molar-refractivity contribution in [3.05, 3.63) is 35.7 Å². The molecule has 3 heterocycles. The summed E-state index contributed by atoms with van der Waals surface area (Å²) in [6.45, 7) is 6.06. The minimum Gasteiger partial charge on any atom is -0.319 e. The number of anilines is 3. The minimum absolute atomic E-state index is 0.0319. The van der Waals surface area contributed by atoms with Crippen LogP contribution in [-0.4, -0.2) is 71.2 Å². The van der Waals surface area contributed by atoms with Crippen LogP contribution in [0.5, 0.6) is 0 Å². The minimum atomic E-state index is -0.231. The van der Waals surface area contributed by atoms with Crippen LogP contribution in [0, 0.1) is 0 Å². The summed E-state index contributed by atoms with van der Waals surface area (Å²) < 4.78 is 1.61. The third-order valence-corrected chi connectivity index (χ3v) is 5.90. The van der Waals surface area contributed by atoms with Crippen LogP contribution in [0.25, 0.3) is 0 Å². The number of amides is 2. The molecule has 1 aromatic heterocycles. The molecule has 2 aliphatic rings. The van der Waals surface area contributed by atoms with Crippen LogP contribution in [0.4, 0.5) is 17.1 Å². The molecular formula is C22H30N6O2. The molecule has 2 amide bonds. The summed E-state index contributed by atoms with van der Waals surface area (Å²) >= 11 is 0. The number of carbonyl (C=O) groups excluding carboxylic acids is 2. The average Bonchev–Trinajstić information content (AvgIpc) is 2.97. The number of hydrogen-bond donors (Lipinski definition) is 1. The maximum Gasteiger partial charge on any atom is 0.276 e. The van der Waals surface area contributed by atoms with Crippen LogP contribution in [0.3, 0.4) is 0 Å². The predicted molar refractivity (Wildman–Crippen MR) is 117 cm³/mol. The van der Waals surface area contributed by atoms with Gasteiger partial charge in [-0.05, 0) is 32.0 Å². The van der Waals surface area contributed by atoms with Crippen LogP contribution < -0.4 is 10.2 Å². The number of aryl methyl sites for hydroxylation is 2. The van der Waals surface area contributed by atoms with Gasteiger partial charge in [0.15, 0.2) is 5.69 Å². The summed E-state index contributed by atoms with van der Waals surface area (Å²) in [6.07, 6.45) is 2.70. The highest BCUT2D eigenvalue weighted by atomic mass is 16.2. The zero-order valence-corrected chi connectivity index (χ0v) is 18.0. The monoisotopic (exact) mass is 410 g/mol. The lowest BCUT2D eigenvalue weighted by Gasteiger charge is -2.33. The third kappa shape index (κ3) is 3.85. The first kappa shape index (κ1) is 20.6. The van der Waals surface area contributed by atoms with E-state index in [9.17, 15) is 9.59 Å². The topological polar surface area (TPSA) is 73.7 Å². The molecule has 0 saturated carbocycles. The number of piperazine rings is 1. The van der Waals surface area contributed by atoms with E-state index in [1.54, 1.807) is 16.6 Å². The van der Waals surface area contributed by atoms with Gasteiger partial charge in [0.2, 0.25) is 5.91 Å². The predicted octanol–water partition coefficient (Wildman–Crippen LogP) is 2.24. The van der Waals surface area contributed by atoms with E-state index < -0.39 is 0 Å². The zero-order valence-electron chi connectivity index (χ0n) is 18.0. The number of nitrogens with zero attached hydrogens (tertiary/aromatic N) is 5. The molecule has 30 heavy (non-hydrogen) atoms. The van der Waals surface area contributed by atoms with Gasteiger partial charge in [-0.3, -0.25) is 24.1 Å². The summed E-state index contributed by atoms with van der Waals surface area (Å²) in [7, 11) is 3.87. The van der Waals surface area contributed by atoms with Gasteiger partial charge in [0.1, 0.15) is 5.69 Å². The molecular weight excluding hydrogens is 380 g/mol. The Balaban J connectivity index is 1.77. The molecule has 0 radical (unpaired) electrons. The third-order valence-electron chi connectivity index (χ3n) is 5.90. The molecule has 0 atom stereocenters. The van der Waals surface area contributed by atoms with E-state index in [1.165, 1.54) is 0 Å². The number of fused-ring (bicyclic) bond motifs is 2. The number of rotatable bonds is 5. The van der Waals surface area contributed by atoms with Gasteiger partial charge >= 0.3 is 0 Å². The normalized spacial score (nSPS) is 17.3. The number of benzene rings is 1. The van der Waals surface area contributed by atoms with Gasteiger partial charge < -0.3 is 10.2 Å². The lowest BCUT2D eigenvalue weighted by molar-refractivity contribution is -0.119. The fourth-order valence-corrected chi connectivity index (χ4v) is 4.17. The SMILES string of the molecule is CCCCc1nn(C)c2c1N(C(=O)CN1CCN(C)CC1)c1ccccc1NC2=O. The van der Waals surface area contributed by atoms with Gasteiger partial charge in [0.25, 0.3) is 5.91 Å². The quantitative estimate of drug-likeness (QED) is 0.818. The first-order valence-corrected chi connectivity index (χ1v) is 10.7. The maximum atomic E-state index is 13.7. The molecule has 0 bridgehead atoms. The van der Waals surface area contributed by atoms with Crippen LogP contribution in [-0.2, 0) is 18.3 Å². The first-order valence-electron chi connectivity index (χ1n) is 10.7. The van der Waals surface area contributed by atoms with Crippen molar-refractivity contribution in [2.45, 2.75) is 26.2 Å². The van der Waals surface area contributed by atoms with E-state index >= 15 is 0 Å². The molecule has 1 N–H and O–H groups in total. The maximum absolute atomic E-state index is 13.7. The Hall–Kier alpha value is -2.71. The Morgan fingerprint density at radius 1 is 1.13 bits per heavy atom. The summed E-state index contributed by atoms with van der Waals surface area (Å²) in [6, 6.07) is 7.50. The van der Waals surface area contributed by atoms with Crippen molar-refractivity contribution in [2.75, 3.05) is 50.0 Å². The molecule has 4 rings (SSSR count). The number of likely N-dealkylation sites (N-methyl/N-ethyl adjacent to an activating group) is 1. The van der Waals surface area contributed by atoms with Gasteiger partial charge in [-0.1, -0.05) is 25.5 Å². The van der Waals surface area contributed by atoms with Crippen molar-refractivity contribution < 1.29 is 9.59 Å². The van der Waals surface area contributed by atoms with Crippen molar-refractivity contribution in [2.24, 2.45) is 7.05 Å². The lowest BCUT2D eigenvalue weighted by Crippen LogP contribution is -2.48. The number of hydrogen-bond acceptors (Lipinski definition) is 5. The van der Waals surface area contributed by atoms with Crippen LogP contribution in [0.15, 0.2) is 24.3 Å². The molecule has 1 aromatic carbocycles. The lowest BCUT2D eigenvalue weighted by atomic mass is 10.1. The summed E-state index contributed by atoms with van der Waals surface area (Å²) in [5, 5.41) is 7.60. The van der Waals surface area contributed by atoms with E-state index in [0.29, 0.717) is 29.3 Å². The molecule has 0 aliphatic carbocycles. The Labute approximate surface area is 177 Å². The van der Waals surface area contributed by atoms with Gasteiger partial charge in [-0.25, -0.2) is 0 Å². The van der Waals surface area contributed by atoms with Crippen molar-refractivity contribution in [1.82, 2.24) is 19.6 Å². The number of carbonyl (C=O) groups is 2. The molecule has 2 aromatic rings. The Morgan fingerprint density at radius 2 is 1.87 bits per heavy atom. The summed E-state index contributed by atoms with van der Waals surface area (Å²) in [5.74, 6) is -0.263. The van der Waals surface area contributed by atoms with Crippen molar-refractivity contribution in [1.29, 1.82) is 0 Å². The second-order valence-corrected chi connectivity index (χ2v) is 8.15. The average molecular weight is 411 g/mol. The summed E-state index contributed by atoms with van der Waals surface area (Å²) in [4.78, 5) is 32.9. The Bertz CT molecular complexity index is 945. The molecule has 0 spiro atoms. The molecule has 1 saturated heterocycles. The smallest absolute Gasteiger partial charge is 0.276 e. The largest absolute Gasteiger partial charge is 0.319 e. The van der Waals surface area contributed by atoms with E-state index in [2.05, 4.69) is 34.2 Å². The van der Waals surface area contributed by atoms with E-state index in [4.69, 9.17) is 0 Å². The highest BCUT2D eigenvalue weighted by molar-refractivity contribution is 6.17. The molecule has 1 fully saturated rings. The van der Waals surface area contributed by atoms with E-state index in [0.717, 1.165) is 51.1 Å². The van der Waals surface area contributed by atoms with Crippen LogP contribution in [0.2, 0.25) is 0 Å². The fourth-order valence-electron chi connectivity index (χ4n) is 4.17. The van der Waals surface area contributed by atoms with Crippen LogP contribution in [0.1, 0.15) is 35.9 Å². The van der Waals surface area contributed by atoms with Crippen LogP contribution >= 0.6 is 0 Å². The van der Waals surface area contributed by atoms with Crippen molar-refractivity contribution in [3.8, 4) is 0 Å². The Morgan fingerprint density at radius 3 is 2.60 bits per heavy atom. The van der Waals surface area contributed by atoms with E-state index in [1.807, 2.05) is 24.3 Å². The fraction of sp³-hybridized carbons (Fsp3) is 0.500. The zero-order chi connectivity index (χ0) is 21.3. The number of para-hydroxylation sites is 2. The molecule has 0 unspecified atom stereocenters. The molecule has 2 aliphatic heterocycles. The number of unbranched alkanes of at least 4 members (excludes halogenated alkanes) is 1. The van der Waals surface area contributed by atoms with Crippen molar-refractivity contribution in [3.63, 3.8) is 0 Å². The Kier molecular flexibility index (Phi) is 5.87. The first-order chi connectivity index (χ1) is 14.5. The van der Waals surface area contributed by atoms with Gasteiger partial charge in [-0.15, -0.1) is 0 Å². The van der Waals surface area contributed by atoms with Gasteiger partial charge in [0.05, 0.1) is 23.6 Å². The number of nitrogens with one attached hydrogen (secondary N) is 1. The van der Waals surface area contributed by atoms with Gasteiger partial charge in [0, 0.05) is 33.2 Å². The second kappa shape index (κ2) is 8.57. The van der Waals surface area contributed by atoms with Crippen molar-refractivity contribution >= 4 is 28.9 Å². The molecule has 8 heteroatoms. The van der Waals surface area contributed by atoms with Gasteiger partial charge in [-0.2, -0.15) is 5.10 Å². The van der Waals surface area contributed by atoms with E-state index in [-0.39, 0.29) is 11.8 Å². The second-order valence-electron chi connectivity index (χ2n) is 8.15. The number of aromatic nitrogens is 2. The molecule has 160 valence electrons. The highest BCUT2D eigenvalue weighted by Crippen LogP contribution is 2.40.